The highest BCUT2D eigenvalue weighted by Gasteiger charge is 2.34. The Morgan fingerprint density at radius 1 is 1.17 bits per heavy atom. The lowest BCUT2D eigenvalue weighted by atomic mass is 9.80. The van der Waals surface area contributed by atoms with Crippen molar-refractivity contribution >= 4 is 22.8 Å². The topological polar surface area (TPSA) is 106 Å². The minimum Gasteiger partial charge on any atom is -0.461 e. The Morgan fingerprint density at radius 2 is 1.83 bits per heavy atom. The first-order chi connectivity index (χ1) is 14.3. The summed E-state index contributed by atoms with van der Waals surface area (Å²) in [5, 5.41) is 12.7. The van der Waals surface area contributed by atoms with E-state index in [0.717, 1.165) is 11.1 Å². The highest BCUT2D eigenvalue weighted by atomic mass is 16.3. The largest absolute Gasteiger partial charge is 0.461 e. The van der Waals surface area contributed by atoms with Crippen LogP contribution < -0.4 is 11.1 Å². The van der Waals surface area contributed by atoms with Crippen LogP contribution in [0.25, 0.3) is 22.1 Å². The third-order valence-electron chi connectivity index (χ3n) is 6.16. The molecular weight excluding hydrogens is 380 g/mol. The number of benzene rings is 2. The third-order valence-corrected chi connectivity index (χ3v) is 6.16. The van der Waals surface area contributed by atoms with Crippen LogP contribution in [0.4, 0.5) is 0 Å². The average molecular weight is 406 g/mol. The van der Waals surface area contributed by atoms with Gasteiger partial charge in [-0.3, -0.25) is 9.59 Å². The van der Waals surface area contributed by atoms with Crippen LogP contribution in [0.2, 0.25) is 0 Å². The second-order valence-electron chi connectivity index (χ2n) is 8.30. The molecule has 3 aromatic rings. The number of rotatable bonds is 6. The Bertz CT molecular complexity index is 1110. The summed E-state index contributed by atoms with van der Waals surface area (Å²) >= 11 is 0. The molecule has 0 bridgehead atoms. The molecular formula is C24H26N2O4. The number of nitrogens with two attached hydrogens (primary N) is 1. The fraction of sp³-hybridized carbons (Fsp3) is 0.333. The number of carbonyl (C=O) groups excluding carboxylic acids is 2. The fourth-order valence-electron chi connectivity index (χ4n) is 3.86. The van der Waals surface area contributed by atoms with E-state index < -0.39 is 24.0 Å². The van der Waals surface area contributed by atoms with E-state index in [1.807, 2.05) is 18.2 Å². The molecule has 0 saturated heterocycles. The smallest absolute Gasteiger partial charge is 0.256 e. The Morgan fingerprint density at radius 3 is 2.40 bits per heavy atom. The molecule has 1 atom stereocenters. The number of furan rings is 1. The summed E-state index contributed by atoms with van der Waals surface area (Å²) in [4.78, 5) is 24.6. The van der Waals surface area contributed by atoms with Crippen LogP contribution in [0.1, 0.15) is 53.8 Å². The summed E-state index contributed by atoms with van der Waals surface area (Å²) in [5.41, 5.74) is 8.11. The van der Waals surface area contributed by atoms with E-state index in [1.54, 1.807) is 6.92 Å². The van der Waals surface area contributed by atoms with Crippen LogP contribution in [-0.2, 0) is 4.79 Å². The number of nitrogens with one attached hydrogen (secondary N) is 1. The van der Waals surface area contributed by atoms with Crippen molar-refractivity contribution in [3.63, 3.8) is 0 Å². The maximum Gasteiger partial charge on any atom is 0.256 e. The molecule has 1 aromatic heterocycles. The number of aryl methyl sites for hydroxylation is 1. The summed E-state index contributed by atoms with van der Waals surface area (Å²) in [6.45, 7) is 2.49. The molecule has 1 aliphatic carbocycles. The van der Waals surface area contributed by atoms with Gasteiger partial charge < -0.3 is 20.6 Å². The average Bonchev–Trinajstić information content (AvgIpc) is 3.02. The molecule has 4 N–H and O–H groups in total. The van der Waals surface area contributed by atoms with Gasteiger partial charge in [-0.2, -0.15) is 0 Å². The van der Waals surface area contributed by atoms with Gasteiger partial charge in [0.25, 0.3) is 5.91 Å². The van der Waals surface area contributed by atoms with Crippen LogP contribution in [0.5, 0.6) is 0 Å². The van der Waals surface area contributed by atoms with E-state index in [2.05, 4.69) is 29.6 Å². The molecule has 1 heterocycles. The Kier molecular flexibility index (Phi) is 5.12. The monoisotopic (exact) mass is 406 g/mol. The minimum atomic E-state index is -1.55. The lowest BCUT2D eigenvalue weighted by Crippen LogP contribution is -2.57. The molecule has 156 valence electrons. The molecule has 1 aliphatic rings. The maximum absolute atomic E-state index is 12.9. The SMILES string of the molecule is Cc1oc2ccc(-c3ccc(C4CCC4)cc3)cc2c1C(=O)N[C@@](C)(CO)C(N)=O. The fourth-order valence-corrected chi connectivity index (χ4v) is 3.86. The highest BCUT2D eigenvalue weighted by molar-refractivity contribution is 6.09. The van der Waals surface area contributed by atoms with E-state index in [0.29, 0.717) is 28.2 Å². The van der Waals surface area contributed by atoms with Crippen molar-refractivity contribution in [2.45, 2.75) is 44.6 Å². The van der Waals surface area contributed by atoms with Crippen molar-refractivity contribution in [1.29, 1.82) is 0 Å². The molecule has 1 fully saturated rings. The molecule has 2 aromatic carbocycles. The standard InChI is InChI=1S/C24H26N2O4/c1-14-21(22(28)26-24(2,13-27)23(25)29)19-12-18(10-11-20(19)30-14)17-8-6-16(7-9-17)15-4-3-5-15/h6-12,15,27H,3-5,13H2,1-2H3,(H2,25,29)(H,26,28)/t24-/m0/s1. The molecule has 0 aliphatic heterocycles. The molecule has 2 amide bonds. The van der Waals surface area contributed by atoms with Gasteiger partial charge in [0.05, 0.1) is 12.2 Å². The number of amides is 2. The molecule has 0 unspecified atom stereocenters. The Hall–Kier alpha value is -3.12. The van der Waals surface area contributed by atoms with Crippen LogP contribution in [0, 0.1) is 6.92 Å². The summed E-state index contributed by atoms with van der Waals surface area (Å²) in [6, 6.07) is 14.3. The number of primary amides is 1. The molecule has 1 saturated carbocycles. The lowest BCUT2D eigenvalue weighted by Gasteiger charge is -2.25. The van der Waals surface area contributed by atoms with Gasteiger partial charge >= 0.3 is 0 Å². The first-order valence-electron chi connectivity index (χ1n) is 10.2. The number of carbonyl (C=O) groups is 2. The number of hydrogen-bond donors (Lipinski definition) is 3. The van der Waals surface area contributed by atoms with Crippen LogP contribution >= 0.6 is 0 Å². The van der Waals surface area contributed by atoms with Crippen molar-refractivity contribution in [3.05, 3.63) is 59.4 Å². The van der Waals surface area contributed by atoms with E-state index in [-0.39, 0.29) is 0 Å². The molecule has 30 heavy (non-hydrogen) atoms. The number of hydrogen-bond acceptors (Lipinski definition) is 4. The van der Waals surface area contributed by atoms with Gasteiger partial charge in [0.1, 0.15) is 16.9 Å². The molecule has 0 radical (unpaired) electrons. The van der Waals surface area contributed by atoms with Gasteiger partial charge in [-0.1, -0.05) is 36.8 Å². The van der Waals surface area contributed by atoms with Gasteiger partial charge in [-0.15, -0.1) is 0 Å². The van der Waals surface area contributed by atoms with Gasteiger partial charge in [0, 0.05) is 5.39 Å². The van der Waals surface area contributed by atoms with Crippen molar-refractivity contribution in [1.82, 2.24) is 5.32 Å². The Labute approximate surface area is 175 Å². The van der Waals surface area contributed by atoms with E-state index in [4.69, 9.17) is 10.2 Å². The predicted molar refractivity (Wildman–Crippen MR) is 115 cm³/mol. The zero-order valence-corrected chi connectivity index (χ0v) is 17.2. The first kappa shape index (κ1) is 20.2. The Balaban J connectivity index is 1.69. The normalized spacial score (nSPS) is 16.1. The first-order valence-corrected chi connectivity index (χ1v) is 10.2. The summed E-state index contributed by atoms with van der Waals surface area (Å²) in [7, 11) is 0. The second kappa shape index (κ2) is 7.61. The van der Waals surface area contributed by atoms with Crippen molar-refractivity contribution < 1.29 is 19.1 Å². The van der Waals surface area contributed by atoms with Crippen molar-refractivity contribution in [2.24, 2.45) is 5.73 Å². The van der Waals surface area contributed by atoms with Gasteiger partial charge in [-0.05, 0) is 61.4 Å². The third kappa shape index (κ3) is 3.48. The van der Waals surface area contributed by atoms with Crippen molar-refractivity contribution in [2.75, 3.05) is 6.61 Å². The predicted octanol–water partition coefficient (Wildman–Crippen LogP) is 3.64. The molecule has 6 nitrogen and oxygen atoms in total. The quantitative estimate of drug-likeness (QED) is 0.581. The zero-order chi connectivity index (χ0) is 21.5. The highest BCUT2D eigenvalue weighted by Crippen LogP contribution is 2.37. The van der Waals surface area contributed by atoms with Gasteiger partial charge in [0.15, 0.2) is 0 Å². The molecule has 6 heteroatoms. The molecule has 0 spiro atoms. The second-order valence-corrected chi connectivity index (χ2v) is 8.30. The van der Waals surface area contributed by atoms with E-state index in [9.17, 15) is 14.7 Å². The van der Waals surface area contributed by atoms with Crippen LogP contribution in [0.15, 0.2) is 46.9 Å². The van der Waals surface area contributed by atoms with Gasteiger partial charge in [0.2, 0.25) is 5.91 Å². The summed E-state index contributed by atoms with van der Waals surface area (Å²) < 4.78 is 5.75. The van der Waals surface area contributed by atoms with E-state index in [1.165, 1.54) is 31.7 Å². The number of aliphatic hydroxyl groups is 1. The summed E-state index contributed by atoms with van der Waals surface area (Å²) in [6.07, 6.45) is 3.82. The van der Waals surface area contributed by atoms with E-state index >= 15 is 0 Å². The lowest BCUT2D eigenvalue weighted by molar-refractivity contribution is -0.124. The van der Waals surface area contributed by atoms with Gasteiger partial charge in [-0.25, -0.2) is 0 Å². The summed E-state index contributed by atoms with van der Waals surface area (Å²) in [5.74, 6) is -0.209. The minimum absolute atomic E-state index is 0.332. The zero-order valence-electron chi connectivity index (χ0n) is 17.2. The number of aliphatic hydroxyl groups excluding tert-OH is 1. The van der Waals surface area contributed by atoms with Crippen molar-refractivity contribution in [3.8, 4) is 11.1 Å². The van der Waals surface area contributed by atoms with Crippen LogP contribution in [-0.4, -0.2) is 29.1 Å². The van der Waals surface area contributed by atoms with Crippen LogP contribution in [0.3, 0.4) is 0 Å². The maximum atomic E-state index is 12.9. The molecule has 4 rings (SSSR count). The number of fused-ring (bicyclic) bond motifs is 1.